The molecule has 1 aromatic rings. The molecule has 0 atom stereocenters. The van der Waals surface area contributed by atoms with Crippen molar-refractivity contribution in [2.45, 2.75) is 13.3 Å². The van der Waals surface area contributed by atoms with E-state index in [-0.39, 0.29) is 28.0 Å². The van der Waals surface area contributed by atoms with Crippen molar-refractivity contribution in [1.82, 2.24) is 0 Å². The van der Waals surface area contributed by atoms with E-state index in [1.165, 1.54) is 19.2 Å². The molecule has 0 spiro atoms. The number of methoxy groups -OCH3 is 1. The van der Waals surface area contributed by atoms with E-state index in [4.69, 9.17) is 37.4 Å². The maximum Gasteiger partial charge on any atom is 0.344 e. The first-order valence-electron chi connectivity index (χ1n) is 5.86. The third kappa shape index (κ3) is 4.28. The van der Waals surface area contributed by atoms with Crippen LogP contribution >= 0.6 is 23.2 Å². The van der Waals surface area contributed by atoms with Crippen molar-refractivity contribution >= 4 is 35.1 Å². The van der Waals surface area contributed by atoms with Crippen LogP contribution in [0.4, 0.5) is 0 Å². The van der Waals surface area contributed by atoms with Crippen LogP contribution in [-0.2, 0) is 14.3 Å². The minimum Gasteiger partial charge on any atom is -0.494 e. The second-order valence-corrected chi connectivity index (χ2v) is 4.55. The van der Waals surface area contributed by atoms with Crippen molar-refractivity contribution in [3.63, 3.8) is 0 Å². The SMILES string of the molecule is CCCOC(=O)COC(=O)c1c(Cl)ccc(Cl)c1OC. The standard InChI is InChI=1S/C13H14Cl2O5/c1-3-6-19-10(16)7-20-13(17)11-8(14)4-5-9(15)12(11)18-2/h4-5H,3,6-7H2,1-2H3. The Balaban J connectivity index is 2.78. The second-order valence-electron chi connectivity index (χ2n) is 3.73. The highest BCUT2D eigenvalue weighted by atomic mass is 35.5. The predicted molar refractivity (Wildman–Crippen MR) is 74.5 cm³/mol. The number of carbonyl (C=O) groups excluding carboxylic acids is 2. The van der Waals surface area contributed by atoms with Gasteiger partial charge in [-0.15, -0.1) is 0 Å². The minimum absolute atomic E-state index is 0.0232. The molecule has 0 fully saturated rings. The number of rotatable bonds is 6. The van der Waals surface area contributed by atoms with Gasteiger partial charge in [-0.1, -0.05) is 30.1 Å². The quantitative estimate of drug-likeness (QED) is 0.753. The Morgan fingerprint density at radius 1 is 1.15 bits per heavy atom. The molecule has 0 saturated carbocycles. The lowest BCUT2D eigenvalue weighted by molar-refractivity contribution is -0.147. The molecule has 0 aliphatic heterocycles. The molecule has 1 rings (SSSR count). The van der Waals surface area contributed by atoms with Gasteiger partial charge >= 0.3 is 11.9 Å². The Labute approximate surface area is 126 Å². The van der Waals surface area contributed by atoms with Crippen LogP contribution in [0.1, 0.15) is 23.7 Å². The molecular formula is C13H14Cl2O5. The molecule has 110 valence electrons. The number of ether oxygens (including phenoxy) is 3. The summed E-state index contributed by atoms with van der Waals surface area (Å²) in [6.07, 6.45) is 0.688. The minimum atomic E-state index is -0.803. The zero-order valence-corrected chi connectivity index (χ0v) is 12.6. The monoisotopic (exact) mass is 320 g/mol. The molecule has 20 heavy (non-hydrogen) atoms. The highest BCUT2D eigenvalue weighted by Crippen LogP contribution is 2.34. The number of hydrogen-bond acceptors (Lipinski definition) is 5. The summed E-state index contributed by atoms with van der Waals surface area (Å²) in [4.78, 5) is 23.2. The van der Waals surface area contributed by atoms with E-state index in [1.54, 1.807) is 0 Å². The number of benzene rings is 1. The van der Waals surface area contributed by atoms with E-state index in [2.05, 4.69) is 0 Å². The second kappa shape index (κ2) is 7.97. The normalized spacial score (nSPS) is 10.0. The molecule has 5 nitrogen and oxygen atoms in total. The lowest BCUT2D eigenvalue weighted by Crippen LogP contribution is -2.17. The first kappa shape index (κ1) is 16.6. The Morgan fingerprint density at radius 3 is 2.40 bits per heavy atom. The summed E-state index contributed by atoms with van der Waals surface area (Å²) in [5, 5.41) is 0.343. The van der Waals surface area contributed by atoms with Gasteiger partial charge in [0.1, 0.15) is 5.56 Å². The van der Waals surface area contributed by atoms with Crippen molar-refractivity contribution in [2.24, 2.45) is 0 Å². The summed E-state index contributed by atoms with van der Waals surface area (Å²) in [5.74, 6) is -1.33. The van der Waals surface area contributed by atoms with Gasteiger partial charge in [0.15, 0.2) is 12.4 Å². The molecule has 0 saturated heterocycles. The van der Waals surface area contributed by atoms with Gasteiger partial charge in [-0.3, -0.25) is 0 Å². The van der Waals surface area contributed by atoms with Gasteiger partial charge in [0.05, 0.1) is 23.8 Å². The average molecular weight is 321 g/mol. The Kier molecular flexibility index (Phi) is 6.61. The lowest BCUT2D eigenvalue weighted by atomic mass is 10.2. The van der Waals surface area contributed by atoms with E-state index in [1.807, 2.05) is 6.92 Å². The van der Waals surface area contributed by atoms with Gasteiger partial charge in [0, 0.05) is 0 Å². The first-order valence-corrected chi connectivity index (χ1v) is 6.61. The Bertz CT molecular complexity index is 502. The predicted octanol–water partition coefficient (Wildman–Crippen LogP) is 3.11. The summed E-state index contributed by atoms with van der Waals surface area (Å²) in [5.41, 5.74) is -0.0232. The molecule has 0 aromatic heterocycles. The number of esters is 2. The third-order valence-corrected chi connectivity index (χ3v) is 2.87. The van der Waals surface area contributed by atoms with Crippen LogP contribution in [0.25, 0.3) is 0 Å². The van der Waals surface area contributed by atoms with Crippen LogP contribution < -0.4 is 4.74 Å². The van der Waals surface area contributed by atoms with Crippen LogP contribution in [0.2, 0.25) is 10.0 Å². The van der Waals surface area contributed by atoms with Crippen molar-refractivity contribution in [3.05, 3.63) is 27.7 Å². The Morgan fingerprint density at radius 2 is 1.80 bits per heavy atom. The van der Waals surface area contributed by atoms with Crippen LogP contribution in [0, 0.1) is 0 Å². The summed E-state index contributed by atoms with van der Waals surface area (Å²) in [6.45, 7) is 1.64. The number of carbonyl (C=O) groups is 2. The highest BCUT2D eigenvalue weighted by Gasteiger charge is 2.21. The van der Waals surface area contributed by atoms with Gasteiger partial charge in [-0.25, -0.2) is 9.59 Å². The van der Waals surface area contributed by atoms with Gasteiger partial charge in [-0.2, -0.15) is 0 Å². The summed E-state index contributed by atoms with van der Waals surface area (Å²) in [7, 11) is 1.35. The van der Waals surface area contributed by atoms with E-state index in [9.17, 15) is 9.59 Å². The molecule has 0 N–H and O–H groups in total. The van der Waals surface area contributed by atoms with Crippen LogP contribution in [0.5, 0.6) is 5.75 Å². The third-order valence-electron chi connectivity index (χ3n) is 2.26. The molecule has 1 aromatic carbocycles. The van der Waals surface area contributed by atoms with Gasteiger partial charge in [0.25, 0.3) is 0 Å². The van der Waals surface area contributed by atoms with E-state index >= 15 is 0 Å². The van der Waals surface area contributed by atoms with E-state index in [0.29, 0.717) is 6.42 Å². The maximum absolute atomic E-state index is 11.9. The van der Waals surface area contributed by atoms with E-state index in [0.717, 1.165) is 0 Å². The molecule has 0 aliphatic rings. The zero-order chi connectivity index (χ0) is 15.1. The first-order chi connectivity index (χ1) is 9.51. The van der Waals surface area contributed by atoms with Crippen molar-refractivity contribution in [1.29, 1.82) is 0 Å². The van der Waals surface area contributed by atoms with Crippen molar-refractivity contribution < 1.29 is 23.8 Å². The summed E-state index contributed by atoms with van der Waals surface area (Å²) < 4.78 is 14.6. The van der Waals surface area contributed by atoms with Crippen LogP contribution in [0.3, 0.4) is 0 Å². The molecular weight excluding hydrogens is 307 g/mol. The largest absolute Gasteiger partial charge is 0.494 e. The average Bonchev–Trinajstić information content (AvgIpc) is 2.44. The summed E-state index contributed by atoms with van der Waals surface area (Å²) in [6, 6.07) is 2.94. The molecule has 0 aliphatic carbocycles. The molecule has 0 heterocycles. The zero-order valence-electron chi connectivity index (χ0n) is 11.1. The maximum atomic E-state index is 11.9. The Hall–Kier alpha value is -1.46. The summed E-state index contributed by atoms with van der Waals surface area (Å²) >= 11 is 11.8. The fourth-order valence-corrected chi connectivity index (χ4v) is 1.84. The molecule has 0 radical (unpaired) electrons. The smallest absolute Gasteiger partial charge is 0.344 e. The molecule has 0 bridgehead atoms. The fraction of sp³-hybridized carbons (Fsp3) is 0.385. The van der Waals surface area contributed by atoms with Crippen LogP contribution in [0.15, 0.2) is 12.1 Å². The molecule has 7 heteroatoms. The van der Waals surface area contributed by atoms with E-state index < -0.39 is 18.5 Å². The van der Waals surface area contributed by atoms with Crippen molar-refractivity contribution in [2.75, 3.05) is 20.3 Å². The number of hydrogen-bond donors (Lipinski definition) is 0. The molecule has 0 amide bonds. The van der Waals surface area contributed by atoms with Gasteiger partial charge in [0.2, 0.25) is 0 Å². The highest BCUT2D eigenvalue weighted by molar-refractivity contribution is 6.37. The topological polar surface area (TPSA) is 61.8 Å². The van der Waals surface area contributed by atoms with Gasteiger partial charge in [-0.05, 0) is 18.6 Å². The van der Waals surface area contributed by atoms with Crippen molar-refractivity contribution in [3.8, 4) is 5.75 Å². The molecule has 0 unspecified atom stereocenters. The fourth-order valence-electron chi connectivity index (χ4n) is 1.38. The van der Waals surface area contributed by atoms with Gasteiger partial charge < -0.3 is 14.2 Å². The number of halogens is 2. The lowest BCUT2D eigenvalue weighted by Gasteiger charge is -2.11. The van der Waals surface area contributed by atoms with Crippen LogP contribution in [-0.4, -0.2) is 32.3 Å².